The summed E-state index contributed by atoms with van der Waals surface area (Å²) >= 11 is 0. The predicted molar refractivity (Wildman–Crippen MR) is 103 cm³/mol. The average molecular weight is 362 g/mol. The number of benzene rings is 2. The molecule has 3 aromatic rings. The maximum absolute atomic E-state index is 12.3. The van der Waals surface area contributed by atoms with Crippen molar-refractivity contribution in [3.05, 3.63) is 96.3 Å². The van der Waals surface area contributed by atoms with Crippen LogP contribution >= 0.6 is 0 Å². The zero-order valence-electron chi connectivity index (χ0n) is 15.0. The highest BCUT2D eigenvalue weighted by molar-refractivity contribution is 5.78. The Morgan fingerprint density at radius 1 is 0.852 bits per heavy atom. The van der Waals surface area contributed by atoms with Crippen molar-refractivity contribution < 1.29 is 14.3 Å². The van der Waals surface area contributed by atoms with Gasteiger partial charge in [-0.15, -0.1) is 0 Å². The van der Waals surface area contributed by atoms with Crippen LogP contribution in [-0.4, -0.2) is 30.7 Å². The van der Waals surface area contributed by atoms with E-state index in [1.54, 1.807) is 12.4 Å². The lowest BCUT2D eigenvalue weighted by Gasteiger charge is -2.19. The van der Waals surface area contributed by atoms with Gasteiger partial charge in [-0.1, -0.05) is 48.5 Å². The van der Waals surface area contributed by atoms with Gasteiger partial charge in [0, 0.05) is 12.4 Å². The molecule has 1 atom stereocenters. The van der Waals surface area contributed by atoms with Gasteiger partial charge in [-0.05, 0) is 35.4 Å². The number of hydrogen-bond donors (Lipinski definition) is 1. The fraction of sp³-hybridized carbons (Fsp3) is 0.182. The minimum absolute atomic E-state index is 0.0213. The van der Waals surface area contributed by atoms with Gasteiger partial charge in [-0.2, -0.15) is 0 Å². The molecule has 5 nitrogen and oxygen atoms in total. The minimum atomic E-state index is -0.245. The Balaban J connectivity index is 1.49. The Morgan fingerprint density at radius 2 is 1.48 bits per heavy atom. The Kier molecular flexibility index (Phi) is 6.95. The van der Waals surface area contributed by atoms with Crippen molar-refractivity contribution >= 4 is 5.91 Å². The molecule has 0 fully saturated rings. The topological polar surface area (TPSA) is 60.5 Å². The molecule has 0 radical (unpaired) electrons. The summed E-state index contributed by atoms with van der Waals surface area (Å²) in [6, 6.07) is 22.9. The summed E-state index contributed by atoms with van der Waals surface area (Å²) in [4.78, 5) is 16.4. The largest absolute Gasteiger partial charge is 0.491 e. The van der Waals surface area contributed by atoms with E-state index in [0.717, 1.165) is 16.9 Å². The predicted octanol–water partition coefficient (Wildman–Crippen LogP) is 3.38. The average Bonchev–Trinajstić information content (AvgIpc) is 2.74. The van der Waals surface area contributed by atoms with E-state index in [4.69, 9.17) is 9.47 Å². The first-order valence-electron chi connectivity index (χ1n) is 8.83. The van der Waals surface area contributed by atoms with Gasteiger partial charge >= 0.3 is 0 Å². The van der Waals surface area contributed by atoms with Gasteiger partial charge in [0.05, 0.1) is 12.6 Å². The van der Waals surface area contributed by atoms with Crippen molar-refractivity contribution in [2.75, 3.05) is 19.8 Å². The molecule has 1 heterocycles. The van der Waals surface area contributed by atoms with Crippen LogP contribution in [0.1, 0.15) is 17.2 Å². The molecular formula is C22H22N2O3. The Bertz CT molecular complexity index is 771. The van der Waals surface area contributed by atoms with Gasteiger partial charge in [0.15, 0.2) is 0 Å². The van der Waals surface area contributed by atoms with Crippen molar-refractivity contribution in [1.29, 1.82) is 0 Å². The van der Waals surface area contributed by atoms with Gasteiger partial charge in [-0.3, -0.25) is 9.78 Å². The van der Waals surface area contributed by atoms with Crippen LogP contribution in [0.5, 0.6) is 5.75 Å². The summed E-state index contributed by atoms with van der Waals surface area (Å²) in [6.45, 7) is 0.712. The van der Waals surface area contributed by atoms with Crippen LogP contribution < -0.4 is 10.1 Å². The number of nitrogens with one attached hydrogen (secondary N) is 1. The van der Waals surface area contributed by atoms with Crippen molar-refractivity contribution in [3.63, 3.8) is 0 Å². The normalized spacial score (nSPS) is 11.6. The fourth-order valence-electron chi connectivity index (χ4n) is 2.66. The Morgan fingerprint density at radius 3 is 2.19 bits per heavy atom. The van der Waals surface area contributed by atoms with Crippen molar-refractivity contribution in [1.82, 2.24) is 10.3 Å². The quantitative estimate of drug-likeness (QED) is 0.593. The third-order valence-electron chi connectivity index (χ3n) is 3.95. The number of carbonyl (C=O) groups excluding carboxylic acids is 1. The first-order valence-corrected chi connectivity index (χ1v) is 8.83. The molecule has 5 heteroatoms. The molecule has 1 aromatic heterocycles. The van der Waals surface area contributed by atoms with Crippen LogP contribution in [0.25, 0.3) is 0 Å². The molecule has 1 unspecified atom stereocenters. The van der Waals surface area contributed by atoms with E-state index in [0.29, 0.717) is 13.2 Å². The van der Waals surface area contributed by atoms with E-state index in [1.165, 1.54) is 0 Å². The summed E-state index contributed by atoms with van der Waals surface area (Å²) < 4.78 is 11.0. The Hall–Kier alpha value is -3.18. The maximum Gasteiger partial charge on any atom is 0.246 e. The van der Waals surface area contributed by atoms with E-state index in [9.17, 15) is 4.79 Å². The number of hydrogen-bond acceptors (Lipinski definition) is 4. The zero-order chi connectivity index (χ0) is 18.7. The number of para-hydroxylation sites is 1. The molecular weight excluding hydrogens is 340 g/mol. The van der Waals surface area contributed by atoms with Gasteiger partial charge in [0.1, 0.15) is 19.0 Å². The molecule has 138 valence electrons. The number of ether oxygens (including phenoxy) is 2. The lowest BCUT2D eigenvalue weighted by molar-refractivity contribution is -0.126. The van der Waals surface area contributed by atoms with Crippen molar-refractivity contribution in [2.24, 2.45) is 0 Å². The number of aromatic nitrogens is 1. The minimum Gasteiger partial charge on any atom is -0.491 e. The summed E-state index contributed by atoms with van der Waals surface area (Å²) in [6.07, 6.45) is 3.43. The highest BCUT2D eigenvalue weighted by Gasteiger charge is 2.16. The number of rotatable bonds is 9. The fourth-order valence-corrected chi connectivity index (χ4v) is 2.66. The highest BCUT2D eigenvalue weighted by Crippen LogP contribution is 2.21. The van der Waals surface area contributed by atoms with E-state index in [-0.39, 0.29) is 18.6 Å². The number of carbonyl (C=O) groups is 1. The molecule has 1 N–H and O–H groups in total. The molecule has 1 amide bonds. The second kappa shape index (κ2) is 10.1. The standard InChI is InChI=1S/C22H22N2O3/c25-21(17-26-15-16-27-20-9-5-2-6-10-20)24-22(18-7-3-1-4-8-18)19-11-13-23-14-12-19/h1-14,22H,15-17H2,(H,24,25). The summed E-state index contributed by atoms with van der Waals surface area (Å²) in [7, 11) is 0. The van der Waals surface area contributed by atoms with Crippen molar-refractivity contribution in [2.45, 2.75) is 6.04 Å². The van der Waals surface area contributed by atoms with E-state index >= 15 is 0 Å². The lowest BCUT2D eigenvalue weighted by Crippen LogP contribution is -2.32. The second-order valence-corrected chi connectivity index (χ2v) is 5.91. The first kappa shape index (κ1) is 18.6. The van der Waals surface area contributed by atoms with Crippen LogP contribution in [0.15, 0.2) is 85.2 Å². The SMILES string of the molecule is O=C(COCCOc1ccccc1)NC(c1ccccc1)c1ccncc1. The summed E-state index contributed by atoms with van der Waals surface area (Å²) in [5.41, 5.74) is 1.97. The summed E-state index contributed by atoms with van der Waals surface area (Å²) in [5, 5.41) is 3.03. The highest BCUT2D eigenvalue weighted by atomic mass is 16.5. The van der Waals surface area contributed by atoms with Gasteiger partial charge in [-0.25, -0.2) is 0 Å². The molecule has 0 saturated heterocycles. The second-order valence-electron chi connectivity index (χ2n) is 5.91. The third-order valence-corrected chi connectivity index (χ3v) is 3.95. The molecule has 2 aromatic carbocycles. The Labute approximate surface area is 159 Å². The zero-order valence-corrected chi connectivity index (χ0v) is 15.0. The number of amides is 1. The van der Waals surface area contributed by atoms with Crippen LogP contribution in [0, 0.1) is 0 Å². The monoisotopic (exact) mass is 362 g/mol. The molecule has 0 bridgehead atoms. The lowest BCUT2D eigenvalue weighted by atomic mass is 10.00. The molecule has 3 rings (SSSR count). The number of pyridine rings is 1. The van der Waals surface area contributed by atoms with Gasteiger partial charge in [0.25, 0.3) is 0 Å². The van der Waals surface area contributed by atoms with E-state index in [2.05, 4.69) is 10.3 Å². The van der Waals surface area contributed by atoms with Crippen molar-refractivity contribution in [3.8, 4) is 5.75 Å². The van der Waals surface area contributed by atoms with Crippen LogP contribution in [-0.2, 0) is 9.53 Å². The first-order chi connectivity index (χ1) is 13.3. The third kappa shape index (κ3) is 5.94. The van der Waals surface area contributed by atoms with E-state index < -0.39 is 0 Å². The molecule has 0 aliphatic rings. The van der Waals surface area contributed by atoms with Crippen LogP contribution in [0.2, 0.25) is 0 Å². The van der Waals surface area contributed by atoms with Gasteiger partial charge in [0.2, 0.25) is 5.91 Å². The molecule has 0 saturated carbocycles. The van der Waals surface area contributed by atoms with E-state index in [1.807, 2.05) is 72.8 Å². The number of nitrogens with zero attached hydrogens (tertiary/aromatic N) is 1. The molecule has 27 heavy (non-hydrogen) atoms. The smallest absolute Gasteiger partial charge is 0.246 e. The van der Waals surface area contributed by atoms with Gasteiger partial charge < -0.3 is 14.8 Å². The molecule has 0 spiro atoms. The maximum atomic E-state index is 12.3. The van der Waals surface area contributed by atoms with Crippen LogP contribution in [0.4, 0.5) is 0 Å². The molecule has 0 aliphatic heterocycles. The van der Waals surface area contributed by atoms with Crippen LogP contribution in [0.3, 0.4) is 0 Å². The molecule has 0 aliphatic carbocycles. The summed E-state index contributed by atoms with van der Waals surface area (Å²) in [5.74, 6) is 0.604.